The van der Waals surface area contributed by atoms with Gasteiger partial charge < -0.3 is 10.6 Å². The minimum Gasteiger partial charge on any atom is -0.383 e. The maximum absolute atomic E-state index is 6.44. The zero-order valence-corrected chi connectivity index (χ0v) is 18.8. The van der Waals surface area contributed by atoms with Crippen LogP contribution in [0.15, 0.2) is 48.8 Å². The van der Waals surface area contributed by atoms with Crippen LogP contribution in [-0.2, 0) is 0 Å². The molecule has 156 valence electrons. The molecule has 1 saturated heterocycles. The molecule has 4 heterocycles. The van der Waals surface area contributed by atoms with Crippen molar-refractivity contribution < 1.29 is 0 Å². The van der Waals surface area contributed by atoms with E-state index in [4.69, 9.17) is 28.9 Å². The molecule has 2 N–H and O–H groups in total. The Morgan fingerprint density at radius 1 is 0.935 bits per heavy atom. The Bertz CT molecular complexity index is 1240. The van der Waals surface area contributed by atoms with Crippen molar-refractivity contribution in [1.82, 2.24) is 19.6 Å². The Labute approximate surface area is 193 Å². The number of nitrogens with zero attached hydrogens (tertiary/aromatic N) is 5. The van der Waals surface area contributed by atoms with Crippen LogP contribution >= 0.6 is 34.7 Å². The Hall–Kier alpha value is -2.74. The van der Waals surface area contributed by atoms with E-state index in [2.05, 4.69) is 36.6 Å². The fourth-order valence-electron chi connectivity index (χ4n) is 3.74. The molecule has 0 radical (unpaired) electrons. The van der Waals surface area contributed by atoms with Gasteiger partial charge in [0.25, 0.3) is 0 Å². The second-order valence-electron chi connectivity index (χ2n) is 7.31. The first kappa shape index (κ1) is 20.2. The van der Waals surface area contributed by atoms with Gasteiger partial charge in [0.15, 0.2) is 0 Å². The zero-order chi connectivity index (χ0) is 21.4. The molecule has 0 aliphatic carbocycles. The van der Waals surface area contributed by atoms with Crippen LogP contribution in [0.5, 0.6) is 0 Å². The summed E-state index contributed by atoms with van der Waals surface area (Å²) in [4.78, 5) is 12.1. The highest BCUT2D eigenvalue weighted by Crippen LogP contribution is 2.41. The molecule has 9 heteroatoms. The molecular formula is C22H18Cl2N6S. The molecule has 0 spiro atoms. The van der Waals surface area contributed by atoms with Gasteiger partial charge in [0, 0.05) is 47.7 Å². The molecule has 3 aromatic heterocycles. The van der Waals surface area contributed by atoms with E-state index in [1.807, 2.05) is 24.4 Å². The first-order valence-electron chi connectivity index (χ1n) is 9.86. The quantitative estimate of drug-likeness (QED) is 0.406. The Morgan fingerprint density at radius 2 is 1.74 bits per heavy atom. The number of anilines is 2. The summed E-state index contributed by atoms with van der Waals surface area (Å²) in [6.45, 7) is 2.12. The third-order valence-corrected chi connectivity index (χ3v) is 6.95. The van der Waals surface area contributed by atoms with E-state index in [0.717, 1.165) is 40.5 Å². The number of aromatic nitrogens is 4. The third-order valence-electron chi connectivity index (χ3n) is 5.37. The second-order valence-corrected chi connectivity index (χ2v) is 8.85. The van der Waals surface area contributed by atoms with Crippen LogP contribution in [0, 0.1) is 0 Å². The van der Waals surface area contributed by atoms with Gasteiger partial charge >= 0.3 is 0 Å². The Morgan fingerprint density at radius 3 is 2.52 bits per heavy atom. The van der Waals surface area contributed by atoms with E-state index >= 15 is 0 Å². The largest absolute Gasteiger partial charge is 0.383 e. The van der Waals surface area contributed by atoms with Crippen molar-refractivity contribution in [2.45, 2.75) is 12.8 Å². The highest BCUT2D eigenvalue weighted by Gasteiger charge is 2.20. The molecule has 1 aliphatic rings. The maximum atomic E-state index is 6.44. The smallest absolute Gasteiger partial charge is 0.132 e. The fourth-order valence-corrected chi connectivity index (χ4v) is 4.90. The minimum atomic E-state index is 0.373. The summed E-state index contributed by atoms with van der Waals surface area (Å²) in [6.07, 6.45) is 6.06. The summed E-state index contributed by atoms with van der Waals surface area (Å²) >= 11 is 13.9. The molecule has 0 bridgehead atoms. The summed E-state index contributed by atoms with van der Waals surface area (Å²) in [6, 6.07) is 11.6. The molecule has 1 fully saturated rings. The number of rotatable bonds is 4. The molecular weight excluding hydrogens is 451 g/mol. The summed E-state index contributed by atoms with van der Waals surface area (Å²) < 4.78 is 4.13. The average molecular weight is 469 g/mol. The number of benzene rings is 1. The van der Waals surface area contributed by atoms with Crippen LogP contribution < -0.4 is 10.6 Å². The number of nitrogen functional groups attached to an aromatic ring is 1. The van der Waals surface area contributed by atoms with Crippen molar-refractivity contribution >= 4 is 46.4 Å². The molecule has 4 aromatic rings. The number of hydrogen-bond acceptors (Lipinski definition) is 7. The lowest BCUT2D eigenvalue weighted by Gasteiger charge is -2.16. The summed E-state index contributed by atoms with van der Waals surface area (Å²) in [5.74, 6) is 1.38. The summed E-state index contributed by atoms with van der Waals surface area (Å²) in [7, 11) is 0. The maximum Gasteiger partial charge on any atom is 0.132 e. The number of pyridine rings is 2. The van der Waals surface area contributed by atoms with E-state index in [0.29, 0.717) is 27.1 Å². The van der Waals surface area contributed by atoms with Gasteiger partial charge in [-0.1, -0.05) is 39.8 Å². The van der Waals surface area contributed by atoms with Crippen molar-refractivity contribution in [3.63, 3.8) is 0 Å². The van der Waals surface area contributed by atoms with E-state index < -0.39 is 0 Å². The van der Waals surface area contributed by atoms with E-state index in [1.165, 1.54) is 24.4 Å². The summed E-state index contributed by atoms with van der Waals surface area (Å²) in [5.41, 5.74) is 10.2. The zero-order valence-electron chi connectivity index (χ0n) is 16.4. The topological polar surface area (TPSA) is 80.8 Å². The van der Waals surface area contributed by atoms with Gasteiger partial charge in [-0.3, -0.25) is 0 Å². The van der Waals surface area contributed by atoms with Crippen LogP contribution in [0.25, 0.3) is 32.8 Å². The van der Waals surface area contributed by atoms with Gasteiger partial charge in [-0.2, -0.15) is 0 Å². The van der Waals surface area contributed by atoms with Gasteiger partial charge in [-0.15, -0.1) is 5.10 Å². The number of nitrogens with two attached hydrogens (primary N) is 1. The molecule has 0 unspecified atom stereocenters. The number of halogens is 2. The lowest BCUT2D eigenvalue weighted by molar-refractivity contribution is 0.938. The predicted octanol–water partition coefficient (Wildman–Crippen LogP) is 5.82. The van der Waals surface area contributed by atoms with Gasteiger partial charge in [0.2, 0.25) is 0 Å². The summed E-state index contributed by atoms with van der Waals surface area (Å²) in [5, 5.41) is 5.25. The first-order valence-corrected chi connectivity index (χ1v) is 11.4. The van der Waals surface area contributed by atoms with E-state index in [9.17, 15) is 0 Å². The van der Waals surface area contributed by atoms with Crippen LogP contribution in [-0.4, -0.2) is 32.6 Å². The van der Waals surface area contributed by atoms with Crippen molar-refractivity contribution in [3.05, 3.63) is 58.8 Å². The number of hydrogen-bond donors (Lipinski definition) is 1. The SMILES string of the molecule is Nc1ncc(-c2ccc(N3CCCC3)nc2)cc1-c1nnsc1-c1cccc(Cl)c1Cl. The van der Waals surface area contributed by atoms with Crippen molar-refractivity contribution in [2.75, 3.05) is 23.7 Å². The normalized spacial score (nSPS) is 13.7. The fraction of sp³-hybridized carbons (Fsp3) is 0.182. The van der Waals surface area contributed by atoms with Crippen molar-refractivity contribution in [1.29, 1.82) is 0 Å². The average Bonchev–Trinajstić information content (AvgIpc) is 3.49. The Kier molecular flexibility index (Phi) is 5.48. The molecule has 0 saturated carbocycles. The predicted molar refractivity (Wildman–Crippen MR) is 128 cm³/mol. The van der Waals surface area contributed by atoms with Crippen LogP contribution in [0.1, 0.15) is 12.8 Å². The molecule has 1 aromatic carbocycles. The highest BCUT2D eigenvalue weighted by atomic mass is 35.5. The molecule has 31 heavy (non-hydrogen) atoms. The van der Waals surface area contributed by atoms with E-state index in [1.54, 1.807) is 12.3 Å². The molecule has 6 nitrogen and oxygen atoms in total. The third kappa shape index (κ3) is 3.84. The minimum absolute atomic E-state index is 0.373. The molecule has 0 atom stereocenters. The lowest BCUT2D eigenvalue weighted by atomic mass is 10.0. The standard InChI is InChI=1S/C22H18Cl2N6S/c23-17-5-3-4-15(19(17)24)21-20(28-29-31-21)16-10-14(12-27-22(16)25)13-6-7-18(26-11-13)30-8-1-2-9-30/h3-7,10-12H,1-2,8-9H2,(H2,25,27). The Balaban J connectivity index is 1.53. The second kappa shape index (κ2) is 8.42. The van der Waals surface area contributed by atoms with Gasteiger partial charge in [0.05, 0.1) is 14.9 Å². The van der Waals surface area contributed by atoms with Crippen LogP contribution in [0.2, 0.25) is 10.0 Å². The molecule has 5 rings (SSSR count). The molecule has 1 aliphatic heterocycles. The van der Waals surface area contributed by atoms with Crippen molar-refractivity contribution in [2.24, 2.45) is 0 Å². The van der Waals surface area contributed by atoms with Crippen LogP contribution in [0.3, 0.4) is 0 Å². The van der Waals surface area contributed by atoms with Gasteiger partial charge in [0.1, 0.15) is 17.3 Å². The van der Waals surface area contributed by atoms with Gasteiger partial charge in [-0.25, -0.2) is 9.97 Å². The first-order chi connectivity index (χ1) is 15.1. The molecule has 0 amide bonds. The van der Waals surface area contributed by atoms with E-state index in [-0.39, 0.29) is 0 Å². The lowest BCUT2D eigenvalue weighted by Crippen LogP contribution is -2.18. The van der Waals surface area contributed by atoms with Crippen LogP contribution in [0.4, 0.5) is 11.6 Å². The van der Waals surface area contributed by atoms with Gasteiger partial charge in [-0.05, 0) is 48.6 Å². The highest BCUT2D eigenvalue weighted by molar-refractivity contribution is 7.10. The van der Waals surface area contributed by atoms with Crippen molar-refractivity contribution in [3.8, 4) is 32.8 Å². The monoisotopic (exact) mass is 468 g/mol.